The van der Waals surface area contributed by atoms with Crippen LogP contribution in [0.3, 0.4) is 0 Å². The molecule has 2 rings (SSSR count). The molecule has 2 aromatic rings. The van der Waals surface area contributed by atoms with Gasteiger partial charge in [-0.05, 0) is 17.6 Å². The lowest BCUT2D eigenvalue weighted by atomic mass is 10.3. The van der Waals surface area contributed by atoms with E-state index in [0.717, 1.165) is 4.88 Å². The zero-order chi connectivity index (χ0) is 12.3. The Kier molecular flexibility index (Phi) is 3.38. The zero-order valence-corrected chi connectivity index (χ0v) is 10.4. The minimum atomic E-state index is -0.0782. The van der Waals surface area contributed by atoms with Crippen molar-refractivity contribution < 1.29 is 4.79 Å². The Hall–Kier alpha value is -1.89. The van der Waals surface area contributed by atoms with Gasteiger partial charge in [0.25, 0.3) is 5.91 Å². The van der Waals surface area contributed by atoms with Crippen LogP contribution in [-0.2, 0) is 6.54 Å². The Bertz CT molecular complexity index is 491. The molecular formula is C10H13N5OS. The Morgan fingerprint density at radius 1 is 1.59 bits per heavy atom. The molecule has 0 aliphatic carbocycles. The van der Waals surface area contributed by atoms with Crippen LogP contribution in [0.15, 0.2) is 18.5 Å². The van der Waals surface area contributed by atoms with Crippen LogP contribution in [0, 0.1) is 0 Å². The summed E-state index contributed by atoms with van der Waals surface area (Å²) >= 11 is 1.42. The van der Waals surface area contributed by atoms with Gasteiger partial charge in [-0.25, -0.2) is 4.37 Å². The van der Waals surface area contributed by atoms with E-state index >= 15 is 0 Å². The van der Waals surface area contributed by atoms with Gasteiger partial charge in [0.05, 0.1) is 12.7 Å². The van der Waals surface area contributed by atoms with Gasteiger partial charge < -0.3 is 10.2 Å². The van der Waals surface area contributed by atoms with E-state index in [0.29, 0.717) is 17.9 Å². The van der Waals surface area contributed by atoms with Crippen LogP contribution in [0.5, 0.6) is 0 Å². The molecule has 0 radical (unpaired) electrons. The predicted molar refractivity (Wildman–Crippen MR) is 66.0 cm³/mol. The Morgan fingerprint density at radius 2 is 2.41 bits per heavy atom. The number of nitrogens with one attached hydrogen (secondary N) is 2. The summed E-state index contributed by atoms with van der Waals surface area (Å²) < 4.78 is 4.01. The van der Waals surface area contributed by atoms with Gasteiger partial charge >= 0.3 is 0 Å². The van der Waals surface area contributed by atoms with Gasteiger partial charge in [-0.1, -0.05) is 0 Å². The van der Waals surface area contributed by atoms with E-state index in [4.69, 9.17) is 0 Å². The highest BCUT2D eigenvalue weighted by Crippen LogP contribution is 2.14. The summed E-state index contributed by atoms with van der Waals surface area (Å²) in [7, 11) is 3.42. The number of nitrogens with zero attached hydrogens (tertiary/aromatic N) is 3. The molecule has 0 atom stereocenters. The van der Waals surface area contributed by atoms with Gasteiger partial charge in [0.1, 0.15) is 11.4 Å². The molecule has 0 fully saturated rings. The smallest absolute Gasteiger partial charge is 0.258 e. The number of amides is 1. The van der Waals surface area contributed by atoms with E-state index in [9.17, 15) is 4.79 Å². The Labute approximate surface area is 103 Å². The highest BCUT2D eigenvalue weighted by Gasteiger charge is 2.15. The third-order valence-electron chi connectivity index (χ3n) is 2.21. The fraction of sp³-hybridized carbons (Fsp3) is 0.300. The number of anilines is 1. The van der Waals surface area contributed by atoms with Crippen molar-refractivity contribution in [3.05, 3.63) is 28.9 Å². The number of H-pyrrole nitrogens is 1. The second kappa shape index (κ2) is 4.96. The maximum absolute atomic E-state index is 11.8. The number of rotatable bonds is 4. The summed E-state index contributed by atoms with van der Waals surface area (Å²) in [5.41, 5.74) is 0.541. The first kappa shape index (κ1) is 11.6. The van der Waals surface area contributed by atoms with Crippen LogP contribution in [-0.4, -0.2) is 39.5 Å². The quantitative estimate of drug-likeness (QED) is 0.855. The number of aromatic nitrogens is 3. The van der Waals surface area contributed by atoms with E-state index in [2.05, 4.69) is 19.9 Å². The van der Waals surface area contributed by atoms with Gasteiger partial charge in [-0.2, -0.15) is 5.10 Å². The molecule has 2 aromatic heterocycles. The largest absolute Gasteiger partial charge is 0.365 e. The average Bonchev–Trinajstić information content (AvgIpc) is 2.96. The summed E-state index contributed by atoms with van der Waals surface area (Å²) in [5, 5.41) is 9.79. The molecule has 0 aliphatic heterocycles. The van der Waals surface area contributed by atoms with E-state index < -0.39 is 0 Å². The van der Waals surface area contributed by atoms with Gasteiger partial charge in [0, 0.05) is 25.2 Å². The third kappa shape index (κ3) is 2.62. The summed E-state index contributed by atoms with van der Waals surface area (Å²) in [6.07, 6.45) is 3.28. The molecule has 7 heteroatoms. The van der Waals surface area contributed by atoms with Crippen molar-refractivity contribution in [1.29, 1.82) is 0 Å². The molecule has 0 spiro atoms. The van der Waals surface area contributed by atoms with Crippen molar-refractivity contribution in [3.63, 3.8) is 0 Å². The average molecular weight is 251 g/mol. The van der Waals surface area contributed by atoms with Gasteiger partial charge in [0.15, 0.2) is 0 Å². The number of hydrogen-bond acceptors (Lipinski definition) is 5. The van der Waals surface area contributed by atoms with Crippen molar-refractivity contribution in [2.75, 3.05) is 19.4 Å². The van der Waals surface area contributed by atoms with Crippen LogP contribution >= 0.6 is 11.5 Å². The highest BCUT2D eigenvalue weighted by atomic mass is 32.1. The third-order valence-corrected chi connectivity index (χ3v) is 2.95. The van der Waals surface area contributed by atoms with Crippen LogP contribution < -0.4 is 5.32 Å². The van der Waals surface area contributed by atoms with Crippen molar-refractivity contribution >= 4 is 23.3 Å². The summed E-state index contributed by atoms with van der Waals surface area (Å²) in [6, 6.07) is 1.93. The maximum atomic E-state index is 11.8. The molecule has 0 aromatic carbocycles. The monoisotopic (exact) mass is 251 g/mol. The number of carbonyl (C=O) groups excluding carboxylic acids is 1. The van der Waals surface area contributed by atoms with Crippen molar-refractivity contribution in [2.24, 2.45) is 0 Å². The first-order valence-corrected chi connectivity index (χ1v) is 5.84. The second-order valence-electron chi connectivity index (χ2n) is 3.69. The Balaban J connectivity index is 2.06. The van der Waals surface area contributed by atoms with Gasteiger partial charge in [-0.3, -0.25) is 9.89 Å². The normalized spacial score (nSPS) is 10.2. The molecule has 0 bridgehead atoms. The molecule has 2 heterocycles. The molecule has 0 aliphatic rings. The molecule has 0 unspecified atom stereocenters. The lowest BCUT2D eigenvalue weighted by molar-refractivity contribution is 0.0828. The topological polar surface area (TPSA) is 73.9 Å². The number of aromatic amines is 1. The van der Waals surface area contributed by atoms with E-state index in [1.54, 1.807) is 20.3 Å². The summed E-state index contributed by atoms with van der Waals surface area (Å²) in [5.74, 6) is 0.558. The van der Waals surface area contributed by atoms with E-state index in [1.807, 2.05) is 6.07 Å². The van der Waals surface area contributed by atoms with Gasteiger partial charge in [0.2, 0.25) is 0 Å². The molecular weight excluding hydrogens is 238 g/mol. The van der Waals surface area contributed by atoms with E-state index in [-0.39, 0.29) is 5.91 Å². The fourth-order valence-electron chi connectivity index (χ4n) is 1.33. The first-order chi connectivity index (χ1) is 8.18. The van der Waals surface area contributed by atoms with Crippen molar-refractivity contribution in [3.8, 4) is 0 Å². The molecule has 17 heavy (non-hydrogen) atoms. The van der Waals surface area contributed by atoms with Crippen LogP contribution in [0.4, 0.5) is 5.82 Å². The van der Waals surface area contributed by atoms with E-state index in [1.165, 1.54) is 22.6 Å². The second-order valence-corrected chi connectivity index (χ2v) is 4.61. The van der Waals surface area contributed by atoms with Crippen LogP contribution in [0.25, 0.3) is 0 Å². The van der Waals surface area contributed by atoms with Crippen molar-refractivity contribution in [1.82, 2.24) is 19.5 Å². The van der Waals surface area contributed by atoms with Crippen molar-refractivity contribution in [2.45, 2.75) is 6.54 Å². The highest BCUT2D eigenvalue weighted by molar-refractivity contribution is 7.05. The lowest BCUT2D eigenvalue weighted by Crippen LogP contribution is -2.22. The fourth-order valence-corrected chi connectivity index (χ4v) is 1.85. The van der Waals surface area contributed by atoms with Gasteiger partial charge in [-0.15, -0.1) is 0 Å². The Morgan fingerprint density at radius 3 is 3.06 bits per heavy atom. The zero-order valence-electron chi connectivity index (χ0n) is 9.60. The first-order valence-electron chi connectivity index (χ1n) is 5.07. The molecule has 1 amide bonds. The van der Waals surface area contributed by atoms with Crippen LogP contribution in [0.2, 0.25) is 0 Å². The molecule has 90 valence electrons. The number of hydrogen-bond donors (Lipinski definition) is 2. The standard InChI is InChI=1S/C10H13N5OS/c1-15(2)10(16)8-6-12-14-9(8)11-5-7-3-4-13-17-7/h3-4,6H,5H2,1-2H3,(H2,11,12,14). The predicted octanol–water partition coefficient (Wildman–Crippen LogP) is 1.18. The molecule has 0 saturated carbocycles. The molecule has 0 saturated heterocycles. The molecule has 2 N–H and O–H groups in total. The minimum Gasteiger partial charge on any atom is -0.365 e. The lowest BCUT2D eigenvalue weighted by Gasteiger charge is -2.10. The summed E-state index contributed by atoms with van der Waals surface area (Å²) in [6.45, 7) is 0.626. The summed E-state index contributed by atoms with van der Waals surface area (Å²) in [4.78, 5) is 14.4. The van der Waals surface area contributed by atoms with Crippen LogP contribution in [0.1, 0.15) is 15.2 Å². The number of carbonyl (C=O) groups is 1. The SMILES string of the molecule is CN(C)C(=O)c1cn[nH]c1NCc1ccns1. The molecule has 6 nitrogen and oxygen atoms in total. The minimum absolute atomic E-state index is 0.0782. The maximum Gasteiger partial charge on any atom is 0.258 e.